The Kier molecular flexibility index (Phi) is 6.30. The third-order valence-electron chi connectivity index (χ3n) is 7.99. The fourth-order valence-corrected chi connectivity index (χ4v) is 5.89. The second-order valence-electron chi connectivity index (χ2n) is 10.5. The van der Waals surface area contributed by atoms with Gasteiger partial charge in [-0.3, -0.25) is 19.4 Å². The summed E-state index contributed by atoms with van der Waals surface area (Å²) in [7, 11) is 0. The molecule has 1 aromatic heterocycles. The first-order chi connectivity index (χ1) is 19.7. The number of para-hydroxylation sites is 2. The second-order valence-corrected chi connectivity index (χ2v) is 10.5. The van der Waals surface area contributed by atoms with Crippen molar-refractivity contribution in [2.45, 2.75) is 6.54 Å². The molecule has 5 aromatic carbocycles. The minimum absolute atomic E-state index is 0.148. The van der Waals surface area contributed by atoms with Gasteiger partial charge in [0.1, 0.15) is 0 Å². The zero-order valence-electron chi connectivity index (χ0n) is 22.2. The number of anilines is 1. The first-order valence-corrected chi connectivity index (χ1v) is 13.8. The predicted octanol–water partition coefficient (Wildman–Crippen LogP) is 5.17. The monoisotopic (exact) mass is 530 g/mol. The molecule has 7 rings (SSSR count). The van der Waals surface area contributed by atoms with E-state index < -0.39 is 0 Å². The van der Waals surface area contributed by atoms with Crippen molar-refractivity contribution in [3.63, 3.8) is 0 Å². The van der Waals surface area contributed by atoms with E-state index in [4.69, 9.17) is 4.42 Å². The molecule has 7 heteroatoms. The van der Waals surface area contributed by atoms with Crippen molar-refractivity contribution < 1.29 is 4.42 Å². The van der Waals surface area contributed by atoms with Crippen LogP contribution in [0.5, 0.6) is 0 Å². The molecule has 0 saturated carbocycles. The van der Waals surface area contributed by atoms with Crippen molar-refractivity contribution in [1.29, 1.82) is 0 Å². The normalized spacial score (nSPS) is 14.9. The van der Waals surface area contributed by atoms with E-state index in [1.54, 1.807) is 24.3 Å². The molecule has 0 bridgehead atoms. The molecule has 2 heterocycles. The van der Waals surface area contributed by atoms with Crippen molar-refractivity contribution in [3.8, 4) is 0 Å². The fraction of sp³-hybridized carbons (Fsp3) is 0.212. The summed E-state index contributed by atoms with van der Waals surface area (Å²) in [6.45, 7) is 6.49. The molecule has 0 atom stereocenters. The van der Waals surface area contributed by atoms with E-state index in [2.05, 4.69) is 50.4 Å². The van der Waals surface area contributed by atoms with Gasteiger partial charge >= 0.3 is 0 Å². The van der Waals surface area contributed by atoms with Crippen molar-refractivity contribution in [3.05, 3.63) is 111 Å². The van der Waals surface area contributed by atoms with Gasteiger partial charge in [0.2, 0.25) is 0 Å². The van der Waals surface area contributed by atoms with Crippen LogP contribution >= 0.6 is 0 Å². The van der Waals surface area contributed by atoms with Crippen LogP contribution in [-0.4, -0.2) is 54.1 Å². The highest BCUT2D eigenvalue weighted by Gasteiger charge is 2.20. The Balaban J connectivity index is 1.19. The molecule has 2 N–H and O–H groups in total. The number of fused-ring (bicyclic) bond motifs is 5. The molecule has 1 fully saturated rings. The topological polar surface area (TPSA) is 81.6 Å². The molecule has 0 spiro atoms. The number of hydrogen-bond donors (Lipinski definition) is 2. The van der Waals surface area contributed by atoms with Gasteiger partial charge in [-0.15, -0.1) is 0 Å². The molecule has 0 aliphatic carbocycles. The maximum absolute atomic E-state index is 13.8. The molecule has 1 saturated heterocycles. The van der Waals surface area contributed by atoms with Gasteiger partial charge in [0.25, 0.3) is 0 Å². The summed E-state index contributed by atoms with van der Waals surface area (Å²) < 4.78 is 6.23. The van der Waals surface area contributed by atoms with Crippen molar-refractivity contribution in [2.24, 2.45) is 0 Å². The van der Waals surface area contributed by atoms with Crippen LogP contribution in [0.25, 0.3) is 43.7 Å². The van der Waals surface area contributed by atoms with E-state index >= 15 is 0 Å². The van der Waals surface area contributed by atoms with Crippen LogP contribution in [-0.2, 0) is 6.54 Å². The first kappa shape index (κ1) is 24.6. The van der Waals surface area contributed by atoms with Crippen molar-refractivity contribution in [2.75, 3.05) is 44.6 Å². The molecule has 6 aromatic rings. The summed E-state index contributed by atoms with van der Waals surface area (Å²) in [6.07, 6.45) is 0. The number of rotatable bonds is 6. The number of nitrogens with zero attached hydrogens (tertiary/aromatic N) is 2. The number of benzene rings is 5. The number of piperazine rings is 1. The van der Waals surface area contributed by atoms with Crippen molar-refractivity contribution in [1.82, 2.24) is 14.8 Å². The molecule has 40 heavy (non-hydrogen) atoms. The van der Waals surface area contributed by atoms with Crippen LogP contribution < -0.4 is 16.2 Å². The fourth-order valence-electron chi connectivity index (χ4n) is 5.89. The Morgan fingerprint density at radius 2 is 1.38 bits per heavy atom. The van der Waals surface area contributed by atoms with Crippen LogP contribution in [0, 0.1) is 0 Å². The van der Waals surface area contributed by atoms with E-state index in [0.717, 1.165) is 44.8 Å². The third-order valence-corrected chi connectivity index (χ3v) is 7.99. The van der Waals surface area contributed by atoms with E-state index in [1.807, 2.05) is 30.3 Å². The van der Waals surface area contributed by atoms with Crippen LogP contribution in [0.4, 0.5) is 5.69 Å². The van der Waals surface area contributed by atoms with Gasteiger partial charge in [-0.2, -0.15) is 0 Å². The summed E-state index contributed by atoms with van der Waals surface area (Å²) in [4.78, 5) is 35.9. The molecular weight excluding hydrogens is 500 g/mol. The number of hydrogen-bond acceptors (Lipinski definition) is 6. The molecular formula is C33H30N4O3. The lowest BCUT2D eigenvalue weighted by Crippen LogP contribution is -2.47. The Hall–Kier alpha value is -4.46. The minimum Gasteiger partial charge on any atom is -0.453 e. The Morgan fingerprint density at radius 3 is 2.15 bits per heavy atom. The molecule has 7 nitrogen and oxygen atoms in total. The summed E-state index contributed by atoms with van der Waals surface area (Å²) in [5, 5.41) is 5.13. The third kappa shape index (κ3) is 4.43. The van der Waals surface area contributed by atoms with Gasteiger partial charge < -0.3 is 14.7 Å². The molecule has 1 aliphatic heterocycles. The van der Waals surface area contributed by atoms with E-state index in [-0.39, 0.29) is 10.9 Å². The van der Waals surface area contributed by atoms with Crippen LogP contribution in [0.1, 0.15) is 5.56 Å². The standard InChI is InChI=1S/C33H30N4O3/c38-32-23-10-4-5-11-24(23)33(39)30-29(32)26(20-28-31(30)35-25-12-6-7-13-27(25)40-28)34-14-15-36-16-18-37(19-17-36)21-22-8-2-1-3-9-22/h1-13,20,34-35H,14-19,21H2. The predicted molar refractivity (Wildman–Crippen MR) is 162 cm³/mol. The number of aromatic nitrogens is 1. The van der Waals surface area contributed by atoms with E-state index in [1.165, 1.54) is 5.56 Å². The SMILES string of the molecule is O=c1c2ccccc2c(=O)c2c1c(NCCN1CCN(Cc3ccccc3)CC1)cc1oc3ccccc3[nH]c12. The molecule has 1 aliphatic rings. The van der Waals surface area contributed by atoms with Crippen LogP contribution in [0.15, 0.2) is 98.9 Å². The minimum atomic E-state index is -0.171. The Morgan fingerprint density at radius 1 is 0.725 bits per heavy atom. The molecule has 0 radical (unpaired) electrons. The lowest BCUT2D eigenvalue weighted by Gasteiger charge is -2.34. The summed E-state index contributed by atoms with van der Waals surface area (Å²) in [6, 6.07) is 27.1. The smallest absolute Gasteiger partial charge is 0.196 e. The highest BCUT2D eigenvalue weighted by atomic mass is 16.3. The number of nitrogens with one attached hydrogen (secondary N) is 2. The molecule has 0 unspecified atom stereocenters. The number of H-pyrrole nitrogens is 1. The molecule has 0 amide bonds. The van der Waals surface area contributed by atoms with Crippen LogP contribution in [0.3, 0.4) is 0 Å². The lowest BCUT2D eigenvalue weighted by molar-refractivity contribution is 0.130. The van der Waals surface area contributed by atoms with Crippen LogP contribution in [0.2, 0.25) is 0 Å². The summed E-state index contributed by atoms with van der Waals surface area (Å²) >= 11 is 0. The lowest BCUT2D eigenvalue weighted by atomic mass is 9.99. The maximum Gasteiger partial charge on any atom is 0.196 e. The molecule has 200 valence electrons. The summed E-state index contributed by atoms with van der Waals surface area (Å²) in [5.41, 5.74) is 4.19. The van der Waals surface area contributed by atoms with E-state index in [9.17, 15) is 9.59 Å². The maximum atomic E-state index is 13.8. The average Bonchev–Trinajstić information content (AvgIpc) is 3.00. The van der Waals surface area contributed by atoms with Gasteiger partial charge in [0.05, 0.1) is 27.5 Å². The van der Waals surface area contributed by atoms with Gasteiger partial charge in [0, 0.05) is 62.7 Å². The Labute approximate surface area is 230 Å². The van der Waals surface area contributed by atoms with Gasteiger partial charge in [-0.05, 0) is 17.7 Å². The van der Waals surface area contributed by atoms with Gasteiger partial charge in [0.15, 0.2) is 22.0 Å². The van der Waals surface area contributed by atoms with Gasteiger partial charge in [-0.25, -0.2) is 0 Å². The highest BCUT2D eigenvalue weighted by Crippen LogP contribution is 2.31. The average molecular weight is 531 g/mol. The highest BCUT2D eigenvalue weighted by molar-refractivity contribution is 6.14. The second kappa shape index (κ2) is 10.3. The number of aromatic amines is 1. The first-order valence-electron chi connectivity index (χ1n) is 13.8. The zero-order valence-corrected chi connectivity index (χ0v) is 22.2. The quantitative estimate of drug-likeness (QED) is 0.228. The van der Waals surface area contributed by atoms with Crippen molar-refractivity contribution >= 4 is 49.4 Å². The zero-order chi connectivity index (χ0) is 27.1. The summed E-state index contributed by atoms with van der Waals surface area (Å²) in [5.74, 6) is 0. The largest absolute Gasteiger partial charge is 0.453 e. The Bertz CT molecular complexity index is 1970. The van der Waals surface area contributed by atoms with E-state index in [0.29, 0.717) is 50.5 Å². The van der Waals surface area contributed by atoms with Gasteiger partial charge in [-0.1, -0.05) is 66.7 Å².